The highest BCUT2D eigenvalue weighted by Gasteiger charge is 2.50. The highest BCUT2D eigenvalue weighted by atomic mass is 14.9. The fourth-order valence-corrected chi connectivity index (χ4v) is 5.80. The van der Waals surface area contributed by atoms with Crippen LogP contribution in [0.2, 0.25) is 0 Å². The lowest BCUT2D eigenvalue weighted by Gasteiger charge is -2.57. The van der Waals surface area contributed by atoms with E-state index in [-0.39, 0.29) is 0 Å². The van der Waals surface area contributed by atoms with E-state index in [9.17, 15) is 0 Å². The molecule has 122 valence electrons. The van der Waals surface area contributed by atoms with Crippen LogP contribution in [0.4, 0.5) is 0 Å². The van der Waals surface area contributed by atoms with Gasteiger partial charge >= 0.3 is 0 Å². The van der Waals surface area contributed by atoms with Gasteiger partial charge in [0.15, 0.2) is 0 Å². The molecule has 2 nitrogen and oxygen atoms in total. The summed E-state index contributed by atoms with van der Waals surface area (Å²) in [7, 11) is 0. The van der Waals surface area contributed by atoms with Crippen molar-refractivity contribution in [3.63, 3.8) is 0 Å². The summed E-state index contributed by atoms with van der Waals surface area (Å²) in [4.78, 5) is 0. The Kier molecular flexibility index (Phi) is 5.27. The third kappa shape index (κ3) is 4.22. The van der Waals surface area contributed by atoms with Crippen LogP contribution in [-0.4, -0.2) is 26.2 Å². The van der Waals surface area contributed by atoms with Gasteiger partial charge in [0.2, 0.25) is 0 Å². The van der Waals surface area contributed by atoms with Gasteiger partial charge in [0.05, 0.1) is 0 Å². The number of rotatable bonds is 9. The molecular weight excluding hydrogens is 256 g/mol. The summed E-state index contributed by atoms with van der Waals surface area (Å²) >= 11 is 0. The quantitative estimate of drug-likeness (QED) is 0.631. The Hall–Kier alpha value is -0.0800. The topological polar surface area (TPSA) is 24.1 Å². The smallest absolute Gasteiger partial charge is 0.00258 e. The molecule has 0 aromatic heterocycles. The third-order valence-electron chi connectivity index (χ3n) is 6.26. The van der Waals surface area contributed by atoms with Gasteiger partial charge in [0, 0.05) is 0 Å². The Morgan fingerprint density at radius 3 is 2.00 bits per heavy atom. The predicted molar refractivity (Wildman–Crippen MR) is 90.4 cm³/mol. The van der Waals surface area contributed by atoms with Gasteiger partial charge < -0.3 is 10.6 Å². The first-order valence-electron chi connectivity index (χ1n) is 9.57. The van der Waals surface area contributed by atoms with Gasteiger partial charge in [-0.3, -0.25) is 0 Å². The Labute approximate surface area is 131 Å². The van der Waals surface area contributed by atoms with Gasteiger partial charge in [0.1, 0.15) is 0 Å². The molecule has 0 aromatic carbocycles. The summed E-state index contributed by atoms with van der Waals surface area (Å²) < 4.78 is 0. The second kappa shape index (κ2) is 7.00. The van der Waals surface area contributed by atoms with Gasteiger partial charge in [-0.1, -0.05) is 13.8 Å². The van der Waals surface area contributed by atoms with E-state index in [0.29, 0.717) is 0 Å². The molecule has 2 heteroatoms. The van der Waals surface area contributed by atoms with E-state index in [4.69, 9.17) is 0 Å². The van der Waals surface area contributed by atoms with Crippen LogP contribution >= 0.6 is 0 Å². The van der Waals surface area contributed by atoms with Crippen molar-refractivity contribution in [2.75, 3.05) is 26.2 Å². The van der Waals surface area contributed by atoms with E-state index in [0.717, 1.165) is 35.6 Å². The molecule has 0 aromatic rings. The fraction of sp³-hybridized carbons (Fsp3) is 1.00. The Balaban J connectivity index is 1.28. The maximum Gasteiger partial charge on any atom is -0.00258 e. The van der Waals surface area contributed by atoms with Gasteiger partial charge in [-0.2, -0.15) is 0 Å². The van der Waals surface area contributed by atoms with Crippen molar-refractivity contribution in [1.82, 2.24) is 10.6 Å². The molecular formula is C19H36N2. The van der Waals surface area contributed by atoms with Crippen LogP contribution < -0.4 is 10.6 Å². The van der Waals surface area contributed by atoms with Crippen LogP contribution in [0.3, 0.4) is 0 Å². The molecule has 21 heavy (non-hydrogen) atoms. The van der Waals surface area contributed by atoms with Crippen LogP contribution in [0.25, 0.3) is 0 Å². The Morgan fingerprint density at radius 1 is 0.857 bits per heavy atom. The minimum atomic E-state index is 0.762. The van der Waals surface area contributed by atoms with Crippen molar-refractivity contribution in [1.29, 1.82) is 0 Å². The molecule has 4 aliphatic carbocycles. The van der Waals surface area contributed by atoms with Gasteiger partial charge in [0.25, 0.3) is 0 Å². The molecule has 0 heterocycles. The molecule has 0 radical (unpaired) electrons. The van der Waals surface area contributed by atoms with Crippen LogP contribution in [0, 0.1) is 29.1 Å². The molecule has 2 N–H and O–H groups in total. The van der Waals surface area contributed by atoms with Crippen LogP contribution in [0.1, 0.15) is 65.2 Å². The van der Waals surface area contributed by atoms with E-state index in [1.165, 1.54) is 32.5 Å². The zero-order valence-electron chi connectivity index (χ0n) is 14.3. The molecule has 0 saturated heterocycles. The molecule has 0 amide bonds. The van der Waals surface area contributed by atoms with Crippen LogP contribution in [0.15, 0.2) is 0 Å². The first kappa shape index (κ1) is 15.8. The molecule has 0 atom stereocenters. The molecule has 4 saturated carbocycles. The summed E-state index contributed by atoms with van der Waals surface area (Å²) in [6.45, 7) is 9.33. The molecule has 4 aliphatic rings. The molecule has 4 fully saturated rings. The summed E-state index contributed by atoms with van der Waals surface area (Å²) in [6.07, 6.45) is 12.2. The van der Waals surface area contributed by atoms with Crippen molar-refractivity contribution in [3.05, 3.63) is 0 Å². The van der Waals surface area contributed by atoms with Crippen molar-refractivity contribution >= 4 is 0 Å². The first-order chi connectivity index (χ1) is 10.2. The second-order valence-corrected chi connectivity index (χ2v) is 8.87. The van der Waals surface area contributed by atoms with Crippen LogP contribution in [0.5, 0.6) is 0 Å². The lowest BCUT2D eigenvalue weighted by molar-refractivity contribution is -0.0567. The molecule has 0 unspecified atom stereocenters. The lowest BCUT2D eigenvalue weighted by Crippen LogP contribution is -2.47. The highest BCUT2D eigenvalue weighted by Crippen LogP contribution is 2.61. The SMILES string of the molecule is CC(C)CNCCCNCCC12CC3CC(CC(C3)C1)C2. The van der Waals surface area contributed by atoms with Crippen molar-refractivity contribution < 1.29 is 0 Å². The maximum absolute atomic E-state index is 3.71. The highest BCUT2D eigenvalue weighted by molar-refractivity contribution is 5.01. The fourth-order valence-electron chi connectivity index (χ4n) is 5.80. The number of nitrogens with one attached hydrogen (secondary N) is 2. The van der Waals surface area contributed by atoms with Crippen molar-refractivity contribution in [2.24, 2.45) is 29.1 Å². The predicted octanol–water partition coefficient (Wildman–Crippen LogP) is 3.82. The summed E-state index contributed by atoms with van der Waals surface area (Å²) in [6, 6.07) is 0. The average Bonchev–Trinajstić information content (AvgIpc) is 2.40. The second-order valence-electron chi connectivity index (χ2n) is 8.87. The van der Waals surface area contributed by atoms with E-state index < -0.39 is 0 Å². The molecule has 0 aliphatic heterocycles. The Bertz CT molecular complexity index is 288. The number of hydrogen-bond acceptors (Lipinski definition) is 2. The summed E-state index contributed by atoms with van der Waals surface area (Å²) in [5.41, 5.74) is 0.762. The standard InChI is InChI=1S/C19H36N2/c1-15(2)14-21-6-3-5-20-7-4-19-11-16-8-17(12-19)10-18(9-16)13-19/h15-18,20-21H,3-14H2,1-2H3. The van der Waals surface area contributed by atoms with Gasteiger partial charge in [-0.05, 0) is 107 Å². The average molecular weight is 293 g/mol. The summed E-state index contributed by atoms with van der Waals surface area (Å²) in [5, 5.41) is 7.24. The first-order valence-corrected chi connectivity index (χ1v) is 9.57. The maximum atomic E-state index is 3.71. The zero-order valence-corrected chi connectivity index (χ0v) is 14.3. The minimum absolute atomic E-state index is 0.762. The number of hydrogen-bond donors (Lipinski definition) is 2. The minimum Gasteiger partial charge on any atom is -0.317 e. The monoisotopic (exact) mass is 292 g/mol. The Morgan fingerprint density at radius 2 is 1.43 bits per heavy atom. The van der Waals surface area contributed by atoms with Crippen LogP contribution in [-0.2, 0) is 0 Å². The van der Waals surface area contributed by atoms with E-state index in [1.807, 2.05) is 0 Å². The molecule has 4 rings (SSSR count). The van der Waals surface area contributed by atoms with Gasteiger partial charge in [-0.15, -0.1) is 0 Å². The largest absolute Gasteiger partial charge is 0.317 e. The summed E-state index contributed by atoms with van der Waals surface area (Å²) in [5.74, 6) is 4.10. The third-order valence-corrected chi connectivity index (χ3v) is 6.26. The molecule has 4 bridgehead atoms. The lowest BCUT2D eigenvalue weighted by atomic mass is 9.49. The van der Waals surface area contributed by atoms with E-state index in [2.05, 4.69) is 24.5 Å². The van der Waals surface area contributed by atoms with Gasteiger partial charge in [-0.25, -0.2) is 0 Å². The van der Waals surface area contributed by atoms with E-state index in [1.54, 1.807) is 38.5 Å². The molecule has 0 spiro atoms. The van der Waals surface area contributed by atoms with Crippen molar-refractivity contribution in [3.8, 4) is 0 Å². The zero-order chi connectivity index (χ0) is 14.7. The van der Waals surface area contributed by atoms with Crippen molar-refractivity contribution in [2.45, 2.75) is 65.2 Å². The van der Waals surface area contributed by atoms with E-state index >= 15 is 0 Å². The normalized spacial score (nSPS) is 37.6.